The average molecular weight is 232 g/mol. The van der Waals surface area contributed by atoms with Crippen molar-refractivity contribution in [2.45, 2.75) is 33.6 Å². The zero-order valence-corrected chi connectivity index (χ0v) is 10.8. The van der Waals surface area contributed by atoms with Gasteiger partial charge < -0.3 is 10.6 Å². The van der Waals surface area contributed by atoms with Gasteiger partial charge in [0.15, 0.2) is 0 Å². The quantitative estimate of drug-likeness (QED) is 0.699. The van der Waals surface area contributed by atoms with Crippen LogP contribution >= 0.6 is 0 Å². The fraction of sp³-hybridized carbons (Fsp3) is 0.500. The van der Waals surface area contributed by atoms with Crippen LogP contribution in [-0.2, 0) is 11.2 Å². The Bertz CT molecular complexity index is 446. The number of hydrogen-bond acceptors (Lipinski definition) is 2. The lowest BCUT2D eigenvalue weighted by atomic mass is 9.91. The van der Waals surface area contributed by atoms with Crippen LogP contribution in [0.25, 0.3) is 0 Å². The molecule has 1 aromatic carbocycles. The highest BCUT2D eigenvalue weighted by Crippen LogP contribution is 2.33. The summed E-state index contributed by atoms with van der Waals surface area (Å²) in [5.41, 5.74) is 8.54. The van der Waals surface area contributed by atoms with E-state index in [0.717, 1.165) is 36.3 Å². The predicted octanol–water partition coefficient (Wildman–Crippen LogP) is 2.59. The molecule has 92 valence electrons. The molecule has 1 aliphatic heterocycles. The third-order valence-corrected chi connectivity index (χ3v) is 3.17. The predicted molar refractivity (Wildman–Crippen MR) is 71.0 cm³/mol. The Morgan fingerprint density at radius 3 is 2.71 bits per heavy atom. The summed E-state index contributed by atoms with van der Waals surface area (Å²) in [6.45, 7) is 6.66. The van der Waals surface area contributed by atoms with Crippen LogP contribution < -0.4 is 10.6 Å². The summed E-state index contributed by atoms with van der Waals surface area (Å²) < 4.78 is 0. The zero-order chi connectivity index (χ0) is 12.6. The molecule has 1 aromatic rings. The summed E-state index contributed by atoms with van der Waals surface area (Å²) in [7, 11) is 0. The van der Waals surface area contributed by atoms with Crippen molar-refractivity contribution in [3.63, 3.8) is 0 Å². The van der Waals surface area contributed by atoms with Gasteiger partial charge in [-0.1, -0.05) is 26.8 Å². The summed E-state index contributed by atoms with van der Waals surface area (Å²) in [5.74, 6) is 0.170. The van der Waals surface area contributed by atoms with Crippen LogP contribution in [0.2, 0.25) is 0 Å². The average Bonchev–Trinajstić information content (AvgIpc) is 2.27. The molecule has 1 heterocycles. The molecule has 1 amide bonds. The molecule has 3 heteroatoms. The minimum Gasteiger partial charge on any atom is -0.398 e. The number of carbonyl (C=O) groups is 1. The third-order valence-electron chi connectivity index (χ3n) is 3.17. The van der Waals surface area contributed by atoms with E-state index in [9.17, 15) is 4.79 Å². The van der Waals surface area contributed by atoms with E-state index in [1.807, 2.05) is 43.9 Å². The SMILES string of the molecule is CC(C)(C)C(=O)N1CCCc2c(N)cccc21. The van der Waals surface area contributed by atoms with Gasteiger partial charge in [-0.3, -0.25) is 4.79 Å². The number of nitrogens with zero attached hydrogens (tertiary/aromatic N) is 1. The van der Waals surface area contributed by atoms with Crippen LogP contribution in [0.3, 0.4) is 0 Å². The lowest BCUT2D eigenvalue weighted by Crippen LogP contribution is -2.42. The molecule has 0 saturated carbocycles. The van der Waals surface area contributed by atoms with Crippen molar-refractivity contribution in [1.82, 2.24) is 0 Å². The van der Waals surface area contributed by atoms with Gasteiger partial charge >= 0.3 is 0 Å². The fourth-order valence-corrected chi connectivity index (χ4v) is 2.27. The van der Waals surface area contributed by atoms with Crippen LogP contribution in [0.4, 0.5) is 11.4 Å². The first-order chi connectivity index (χ1) is 7.91. The Kier molecular flexibility index (Phi) is 2.86. The van der Waals surface area contributed by atoms with Gasteiger partial charge in [0.2, 0.25) is 5.91 Å². The first-order valence-corrected chi connectivity index (χ1v) is 6.10. The van der Waals surface area contributed by atoms with Gasteiger partial charge in [-0.2, -0.15) is 0 Å². The Labute approximate surface area is 103 Å². The van der Waals surface area contributed by atoms with Crippen LogP contribution in [-0.4, -0.2) is 12.5 Å². The summed E-state index contributed by atoms with van der Waals surface area (Å²) >= 11 is 0. The standard InChI is InChI=1S/C14H20N2O/c1-14(2,3)13(17)16-9-5-6-10-11(15)7-4-8-12(10)16/h4,7-8H,5-6,9,15H2,1-3H3. The first kappa shape index (κ1) is 12.0. The van der Waals surface area contributed by atoms with Crippen LogP contribution in [0.5, 0.6) is 0 Å². The van der Waals surface area contributed by atoms with Crippen molar-refractivity contribution in [1.29, 1.82) is 0 Å². The molecule has 0 fully saturated rings. The molecule has 0 radical (unpaired) electrons. The number of rotatable bonds is 0. The fourth-order valence-electron chi connectivity index (χ4n) is 2.27. The molecule has 0 saturated heterocycles. The highest BCUT2D eigenvalue weighted by Gasteiger charge is 2.31. The topological polar surface area (TPSA) is 46.3 Å². The maximum absolute atomic E-state index is 12.4. The monoisotopic (exact) mass is 232 g/mol. The highest BCUT2D eigenvalue weighted by atomic mass is 16.2. The van der Waals surface area contributed by atoms with E-state index in [1.165, 1.54) is 0 Å². The summed E-state index contributed by atoms with van der Waals surface area (Å²) in [6.07, 6.45) is 1.96. The lowest BCUT2D eigenvalue weighted by molar-refractivity contribution is -0.125. The number of amides is 1. The van der Waals surface area contributed by atoms with Gasteiger partial charge in [0.1, 0.15) is 0 Å². The van der Waals surface area contributed by atoms with Crippen molar-refractivity contribution < 1.29 is 4.79 Å². The summed E-state index contributed by atoms with van der Waals surface area (Å²) in [4.78, 5) is 14.3. The zero-order valence-electron chi connectivity index (χ0n) is 10.8. The minimum absolute atomic E-state index is 0.170. The van der Waals surface area contributed by atoms with Gasteiger partial charge in [-0.15, -0.1) is 0 Å². The van der Waals surface area contributed by atoms with Crippen molar-refractivity contribution >= 4 is 17.3 Å². The van der Waals surface area contributed by atoms with E-state index in [1.54, 1.807) is 0 Å². The highest BCUT2D eigenvalue weighted by molar-refractivity contribution is 5.98. The van der Waals surface area contributed by atoms with Crippen LogP contribution in [0.15, 0.2) is 18.2 Å². The lowest BCUT2D eigenvalue weighted by Gasteiger charge is -2.34. The number of fused-ring (bicyclic) bond motifs is 1. The summed E-state index contributed by atoms with van der Waals surface area (Å²) in [5, 5.41) is 0. The number of carbonyl (C=O) groups excluding carboxylic acids is 1. The Morgan fingerprint density at radius 2 is 2.06 bits per heavy atom. The van der Waals surface area contributed by atoms with E-state index >= 15 is 0 Å². The number of nitrogen functional groups attached to an aromatic ring is 1. The molecule has 0 aliphatic carbocycles. The van der Waals surface area contributed by atoms with Crippen LogP contribution in [0, 0.1) is 5.41 Å². The molecule has 0 spiro atoms. The maximum Gasteiger partial charge on any atom is 0.232 e. The van der Waals surface area contributed by atoms with Crippen molar-refractivity contribution in [2.75, 3.05) is 17.2 Å². The Balaban J connectivity index is 2.42. The normalized spacial score (nSPS) is 15.6. The maximum atomic E-state index is 12.4. The van der Waals surface area contributed by atoms with E-state index in [4.69, 9.17) is 5.73 Å². The van der Waals surface area contributed by atoms with Gasteiger partial charge in [0, 0.05) is 23.3 Å². The van der Waals surface area contributed by atoms with Gasteiger partial charge in [0.05, 0.1) is 0 Å². The Hall–Kier alpha value is -1.51. The number of hydrogen-bond donors (Lipinski definition) is 1. The molecule has 0 atom stereocenters. The molecule has 2 rings (SSSR count). The number of anilines is 2. The van der Waals surface area contributed by atoms with E-state index in [2.05, 4.69) is 0 Å². The summed E-state index contributed by atoms with van der Waals surface area (Å²) in [6, 6.07) is 5.82. The van der Waals surface area contributed by atoms with Crippen molar-refractivity contribution in [2.24, 2.45) is 5.41 Å². The molecule has 0 unspecified atom stereocenters. The van der Waals surface area contributed by atoms with E-state index < -0.39 is 0 Å². The first-order valence-electron chi connectivity index (χ1n) is 6.10. The second-order valence-electron chi connectivity index (χ2n) is 5.66. The smallest absolute Gasteiger partial charge is 0.232 e. The molecule has 1 aliphatic rings. The molecule has 17 heavy (non-hydrogen) atoms. The molecule has 0 bridgehead atoms. The number of nitrogens with two attached hydrogens (primary N) is 1. The van der Waals surface area contributed by atoms with E-state index in [0.29, 0.717) is 0 Å². The molecular weight excluding hydrogens is 212 g/mol. The molecule has 0 aromatic heterocycles. The minimum atomic E-state index is -0.348. The molecular formula is C14H20N2O. The second-order valence-corrected chi connectivity index (χ2v) is 5.66. The third kappa shape index (κ3) is 2.14. The molecule has 2 N–H and O–H groups in total. The van der Waals surface area contributed by atoms with Crippen LogP contribution in [0.1, 0.15) is 32.8 Å². The molecule has 3 nitrogen and oxygen atoms in total. The number of benzene rings is 1. The largest absolute Gasteiger partial charge is 0.398 e. The van der Waals surface area contributed by atoms with Crippen molar-refractivity contribution in [3.8, 4) is 0 Å². The van der Waals surface area contributed by atoms with Gasteiger partial charge in [-0.25, -0.2) is 0 Å². The second kappa shape index (κ2) is 4.06. The van der Waals surface area contributed by atoms with Crippen molar-refractivity contribution in [3.05, 3.63) is 23.8 Å². The van der Waals surface area contributed by atoms with E-state index in [-0.39, 0.29) is 11.3 Å². The Morgan fingerprint density at radius 1 is 1.35 bits per heavy atom. The van der Waals surface area contributed by atoms with Gasteiger partial charge in [0.25, 0.3) is 0 Å². The van der Waals surface area contributed by atoms with Gasteiger partial charge in [-0.05, 0) is 30.5 Å².